The molecule has 1 aromatic rings. The molecule has 3 heteroatoms. The van der Waals surface area contributed by atoms with Crippen LogP contribution in [0.15, 0.2) is 18.2 Å². The molecule has 0 saturated heterocycles. The van der Waals surface area contributed by atoms with Gasteiger partial charge in [-0.3, -0.25) is 0 Å². The third kappa shape index (κ3) is 2.33. The lowest BCUT2D eigenvalue weighted by Gasteiger charge is -2.41. The van der Waals surface area contributed by atoms with Crippen LogP contribution in [0.1, 0.15) is 49.1 Å². The second-order valence-electron chi connectivity index (χ2n) is 6.48. The monoisotopic (exact) mass is 292 g/mol. The quantitative estimate of drug-likeness (QED) is 0.784. The van der Waals surface area contributed by atoms with Gasteiger partial charge in [0, 0.05) is 31.9 Å². The van der Waals surface area contributed by atoms with Crippen molar-refractivity contribution < 1.29 is 0 Å². The summed E-state index contributed by atoms with van der Waals surface area (Å²) < 4.78 is 0. The Balaban J connectivity index is 0.00000121. The largest absolute Gasteiger partial charge is 0.369 e. The van der Waals surface area contributed by atoms with Crippen LogP contribution < -0.4 is 10.2 Å². The van der Waals surface area contributed by atoms with E-state index < -0.39 is 0 Å². The van der Waals surface area contributed by atoms with E-state index in [1.807, 2.05) is 0 Å². The molecule has 110 valence electrons. The van der Waals surface area contributed by atoms with Crippen molar-refractivity contribution in [3.8, 4) is 0 Å². The molecular weight excluding hydrogens is 268 g/mol. The number of hydrogen-bond acceptors (Lipinski definition) is 2. The molecule has 2 nitrogen and oxygen atoms in total. The highest BCUT2D eigenvalue weighted by atomic mass is 35.5. The Morgan fingerprint density at radius 1 is 1.10 bits per heavy atom. The minimum absolute atomic E-state index is 0. The van der Waals surface area contributed by atoms with Crippen LogP contribution in [-0.2, 0) is 6.54 Å². The van der Waals surface area contributed by atoms with Crippen molar-refractivity contribution in [1.29, 1.82) is 0 Å². The van der Waals surface area contributed by atoms with Crippen molar-refractivity contribution in [3.05, 3.63) is 29.3 Å². The lowest BCUT2D eigenvalue weighted by Crippen LogP contribution is -2.39. The van der Waals surface area contributed by atoms with Gasteiger partial charge in [0.05, 0.1) is 0 Å². The third-order valence-electron chi connectivity index (χ3n) is 5.35. The van der Waals surface area contributed by atoms with Gasteiger partial charge in [-0.05, 0) is 35.8 Å². The van der Waals surface area contributed by atoms with Gasteiger partial charge in [-0.1, -0.05) is 37.5 Å². The summed E-state index contributed by atoms with van der Waals surface area (Å²) in [5.74, 6) is 1.75. The maximum absolute atomic E-state index is 3.57. The molecule has 2 atom stereocenters. The molecule has 0 radical (unpaired) electrons. The van der Waals surface area contributed by atoms with Gasteiger partial charge in [0.2, 0.25) is 0 Å². The zero-order valence-electron chi connectivity index (χ0n) is 12.1. The Kier molecular flexibility index (Phi) is 4.23. The molecular formula is C17H25ClN2. The first-order valence-corrected chi connectivity index (χ1v) is 8.01. The summed E-state index contributed by atoms with van der Waals surface area (Å²) >= 11 is 0. The highest BCUT2D eigenvalue weighted by Gasteiger charge is 2.35. The Morgan fingerprint density at radius 2 is 2.00 bits per heavy atom. The summed E-state index contributed by atoms with van der Waals surface area (Å²) in [5, 5.41) is 3.57. The first-order chi connectivity index (χ1) is 9.43. The van der Waals surface area contributed by atoms with Gasteiger partial charge in [0.25, 0.3) is 0 Å². The average Bonchev–Trinajstić information content (AvgIpc) is 2.79. The zero-order chi connectivity index (χ0) is 12.7. The number of hydrogen-bond donors (Lipinski definition) is 1. The number of rotatable bonds is 0. The molecule has 1 saturated carbocycles. The van der Waals surface area contributed by atoms with E-state index in [-0.39, 0.29) is 12.4 Å². The van der Waals surface area contributed by atoms with Gasteiger partial charge >= 0.3 is 0 Å². The number of anilines is 1. The van der Waals surface area contributed by atoms with Crippen LogP contribution in [-0.4, -0.2) is 19.6 Å². The predicted molar refractivity (Wildman–Crippen MR) is 86.9 cm³/mol. The Labute approximate surface area is 128 Å². The Hall–Kier alpha value is -0.730. The van der Waals surface area contributed by atoms with E-state index in [2.05, 4.69) is 28.4 Å². The fraction of sp³-hybridized carbons (Fsp3) is 0.647. The SMILES string of the molecule is Cl.c1cc2c3c(c1)[C@@H]1CCCCC[C@@H]1CN3CCNC2. The van der Waals surface area contributed by atoms with Gasteiger partial charge in [0.15, 0.2) is 0 Å². The molecule has 0 unspecified atom stereocenters. The second kappa shape index (κ2) is 5.95. The van der Waals surface area contributed by atoms with Crippen LogP contribution >= 0.6 is 12.4 Å². The van der Waals surface area contributed by atoms with Crippen LogP contribution in [0.25, 0.3) is 0 Å². The molecule has 4 rings (SSSR count). The molecule has 0 aromatic heterocycles. The van der Waals surface area contributed by atoms with Crippen molar-refractivity contribution in [2.75, 3.05) is 24.5 Å². The summed E-state index contributed by atoms with van der Waals surface area (Å²) in [6, 6.07) is 7.02. The highest BCUT2D eigenvalue weighted by Crippen LogP contribution is 2.46. The lowest BCUT2D eigenvalue weighted by molar-refractivity contribution is 0.380. The molecule has 1 aromatic carbocycles. The molecule has 3 aliphatic rings. The second-order valence-corrected chi connectivity index (χ2v) is 6.48. The van der Waals surface area contributed by atoms with E-state index in [9.17, 15) is 0 Å². The topological polar surface area (TPSA) is 15.3 Å². The number of benzene rings is 1. The maximum Gasteiger partial charge on any atom is 0.0447 e. The van der Waals surface area contributed by atoms with E-state index in [1.165, 1.54) is 50.8 Å². The smallest absolute Gasteiger partial charge is 0.0447 e. The molecule has 2 heterocycles. The number of nitrogens with zero attached hydrogens (tertiary/aromatic N) is 1. The molecule has 1 N–H and O–H groups in total. The number of para-hydroxylation sites is 1. The highest BCUT2D eigenvalue weighted by molar-refractivity contribution is 5.85. The number of fused-ring (bicyclic) bond motifs is 2. The molecule has 0 bridgehead atoms. The van der Waals surface area contributed by atoms with Crippen molar-refractivity contribution in [3.63, 3.8) is 0 Å². The Morgan fingerprint density at radius 3 is 2.95 bits per heavy atom. The van der Waals surface area contributed by atoms with E-state index in [4.69, 9.17) is 0 Å². The fourth-order valence-electron chi connectivity index (χ4n) is 4.47. The summed E-state index contributed by atoms with van der Waals surface area (Å²) in [6.45, 7) is 4.67. The summed E-state index contributed by atoms with van der Waals surface area (Å²) in [6.07, 6.45) is 7.19. The van der Waals surface area contributed by atoms with E-state index in [1.54, 1.807) is 11.3 Å². The first-order valence-electron chi connectivity index (χ1n) is 8.01. The maximum atomic E-state index is 3.57. The van der Waals surface area contributed by atoms with Crippen LogP contribution in [0, 0.1) is 5.92 Å². The van der Waals surface area contributed by atoms with Crippen LogP contribution in [0.2, 0.25) is 0 Å². The van der Waals surface area contributed by atoms with E-state index >= 15 is 0 Å². The van der Waals surface area contributed by atoms with Crippen molar-refractivity contribution in [2.24, 2.45) is 5.92 Å². The lowest BCUT2D eigenvalue weighted by atomic mass is 9.77. The Bertz CT molecular complexity index is 474. The number of halogens is 1. The first kappa shape index (κ1) is 14.2. The number of nitrogens with one attached hydrogen (secondary N) is 1. The minimum Gasteiger partial charge on any atom is -0.369 e. The minimum atomic E-state index is 0. The summed E-state index contributed by atoms with van der Waals surface area (Å²) in [7, 11) is 0. The summed E-state index contributed by atoms with van der Waals surface area (Å²) in [4.78, 5) is 2.68. The third-order valence-corrected chi connectivity index (χ3v) is 5.35. The van der Waals surface area contributed by atoms with Crippen molar-refractivity contribution in [2.45, 2.75) is 44.6 Å². The van der Waals surface area contributed by atoms with Crippen LogP contribution in [0.5, 0.6) is 0 Å². The van der Waals surface area contributed by atoms with Gasteiger partial charge in [0.1, 0.15) is 0 Å². The van der Waals surface area contributed by atoms with Crippen LogP contribution in [0.3, 0.4) is 0 Å². The van der Waals surface area contributed by atoms with Gasteiger partial charge < -0.3 is 10.2 Å². The molecule has 0 amide bonds. The molecule has 20 heavy (non-hydrogen) atoms. The molecule has 2 aliphatic heterocycles. The van der Waals surface area contributed by atoms with E-state index in [0.29, 0.717) is 0 Å². The van der Waals surface area contributed by atoms with Crippen molar-refractivity contribution in [1.82, 2.24) is 5.32 Å². The van der Waals surface area contributed by atoms with E-state index in [0.717, 1.165) is 24.9 Å². The molecule has 1 fully saturated rings. The van der Waals surface area contributed by atoms with Gasteiger partial charge in [-0.15, -0.1) is 12.4 Å². The zero-order valence-corrected chi connectivity index (χ0v) is 12.9. The molecule has 1 aliphatic carbocycles. The van der Waals surface area contributed by atoms with Gasteiger partial charge in [-0.25, -0.2) is 0 Å². The van der Waals surface area contributed by atoms with Crippen LogP contribution in [0.4, 0.5) is 5.69 Å². The van der Waals surface area contributed by atoms with Crippen molar-refractivity contribution >= 4 is 18.1 Å². The normalized spacial score (nSPS) is 28.5. The fourth-order valence-corrected chi connectivity index (χ4v) is 4.47. The summed E-state index contributed by atoms with van der Waals surface area (Å²) in [5.41, 5.74) is 4.78. The predicted octanol–water partition coefficient (Wildman–Crippen LogP) is 3.70. The van der Waals surface area contributed by atoms with Gasteiger partial charge in [-0.2, -0.15) is 0 Å². The molecule has 0 spiro atoms. The average molecular weight is 293 g/mol. The standard InChI is InChI=1S/C17H24N2.ClH/c1-2-5-14-12-19-10-9-18-11-13-6-4-8-16(17(13)19)15(14)7-3-1;/h4,6,8,14-15,18H,1-3,5,7,9-12H2;1H/t14-,15-;/m1./s1.